The van der Waals surface area contributed by atoms with Gasteiger partial charge in [0.15, 0.2) is 6.79 Å². The molecule has 2 aromatic heterocycles. The van der Waals surface area contributed by atoms with Gasteiger partial charge < -0.3 is 14.8 Å². The molecule has 10 heteroatoms. The summed E-state index contributed by atoms with van der Waals surface area (Å²) in [6, 6.07) is 4.86. The minimum Gasteiger partial charge on any atom is -0.467 e. The standard InChI is InChI=1S/C15H14F3N5O2/c1-19-14-22-21-13(11-5-6-20-23(11)14)10-4-3-9(15(16,17)18)7-12(10)25-8-24-2/h3-7H,8H2,1-2H3,(H,19,22). The third-order valence-corrected chi connectivity index (χ3v) is 3.45. The molecule has 0 radical (unpaired) electrons. The van der Waals surface area contributed by atoms with Crippen LogP contribution in [0.4, 0.5) is 19.1 Å². The van der Waals surface area contributed by atoms with Crippen LogP contribution >= 0.6 is 0 Å². The molecule has 1 aromatic carbocycles. The normalized spacial score (nSPS) is 11.7. The molecule has 0 fully saturated rings. The van der Waals surface area contributed by atoms with Gasteiger partial charge in [-0.3, -0.25) is 0 Å². The first kappa shape index (κ1) is 17.0. The van der Waals surface area contributed by atoms with Crippen molar-refractivity contribution in [1.29, 1.82) is 0 Å². The zero-order valence-corrected chi connectivity index (χ0v) is 13.3. The number of nitrogens with zero attached hydrogens (tertiary/aromatic N) is 4. The highest BCUT2D eigenvalue weighted by Gasteiger charge is 2.32. The highest BCUT2D eigenvalue weighted by atomic mass is 19.4. The predicted octanol–water partition coefficient (Wildman–Crippen LogP) is 2.83. The number of nitrogens with one attached hydrogen (secondary N) is 1. The zero-order chi connectivity index (χ0) is 18.0. The van der Waals surface area contributed by atoms with Gasteiger partial charge in [-0.25, -0.2) is 0 Å². The fourth-order valence-electron chi connectivity index (χ4n) is 2.33. The molecular weight excluding hydrogens is 339 g/mol. The first-order valence-corrected chi connectivity index (χ1v) is 7.17. The maximum atomic E-state index is 13.0. The fourth-order valence-corrected chi connectivity index (χ4v) is 2.33. The Morgan fingerprint density at radius 1 is 1.20 bits per heavy atom. The highest BCUT2D eigenvalue weighted by Crippen LogP contribution is 2.37. The van der Waals surface area contributed by atoms with Gasteiger partial charge in [-0.15, -0.1) is 10.2 Å². The topological polar surface area (TPSA) is 73.6 Å². The average Bonchev–Trinajstić information content (AvgIpc) is 3.08. The third-order valence-electron chi connectivity index (χ3n) is 3.45. The molecular formula is C15H14F3N5O2. The molecule has 1 N–H and O–H groups in total. The van der Waals surface area contributed by atoms with Gasteiger partial charge in [0.2, 0.25) is 5.95 Å². The monoisotopic (exact) mass is 353 g/mol. The Labute approximate surface area is 140 Å². The van der Waals surface area contributed by atoms with Crippen LogP contribution in [-0.4, -0.2) is 40.8 Å². The molecule has 0 amide bonds. The number of aromatic nitrogens is 4. The van der Waals surface area contributed by atoms with E-state index in [0.717, 1.165) is 12.1 Å². The lowest BCUT2D eigenvalue weighted by Crippen LogP contribution is -2.09. The van der Waals surface area contributed by atoms with Crippen molar-refractivity contribution in [2.45, 2.75) is 6.18 Å². The Morgan fingerprint density at radius 3 is 2.68 bits per heavy atom. The maximum absolute atomic E-state index is 13.0. The summed E-state index contributed by atoms with van der Waals surface area (Å²) in [7, 11) is 3.04. The van der Waals surface area contributed by atoms with Crippen LogP contribution < -0.4 is 10.1 Å². The van der Waals surface area contributed by atoms with E-state index in [1.807, 2.05) is 0 Å². The Balaban J connectivity index is 2.18. The van der Waals surface area contributed by atoms with Gasteiger partial charge in [0.05, 0.1) is 17.3 Å². The molecule has 0 bridgehead atoms. The van der Waals surface area contributed by atoms with Crippen LogP contribution in [0.3, 0.4) is 0 Å². The fraction of sp³-hybridized carbons (Fsp3) is 0.267. The SMILES string of the molecule is CNc1nnc(-c2ccc(C(F)(F)F)cc2OCOC)c2ccnn12. The summed E-state index contributed by atoms with van der Waals surface area (Å²) in [6.45, 7) is -0.202. The number of fused-ring (bicyclic) bond motifs is 1. The summed E-state index contributed by atoms with van der Waals surface area (Å²) in [6.07, 6.45) is -2.94. The van der Waals surface area contributed by atoms with E-state index < -0.39 is 11.7 Å². The number of rotatable bonds is 5. The number of alkyl halides is 3. The van der Waals surface area contributed by atoms with E-state index in [-0.39, 0.29) is 12.5 Å². The van der Waals surface area contributed by atoms with Gasteiger partial charge in [-0.1, -0.05) is 0 Å². The van der Waals surface area contributed by atoms with Crippen molar-refractivity contribution in [2.24, 2.45) is 0 Å². The van der Waals surface area contributed by atoms with Crippen LogP contribution in [0.5, 0.6) is 5.75 Å². The molecule has 2 heterocycles. The summed E-state index contributed by atoms with van der Waals surface area (Å²) in [5.74, 6) is 0.390. The van der Waals surface area contributed by atoms with Crippen LogP contribution in [0.25, 0.3) is 16.8 Å². The molecule has 0 aliphatic carbocycles. The zero-order valence-electron chi connectivity index (χ0n) is 13.3. The smallest absolute Gasteiger partial charge is 0.416 e. The number of halogens is 3. The third kappa shape index (κ3) is 3.20. The first-order valence-electron chi connectivity index (χ1n) is 7.17. The lowest BCUT2D eigenvalue weighted by molar-refractivity contribution is -0.137. The maximum Gasteiger partial charge on any atom is 0.416 e. The Kier molecular flexibility index (Phi) is 4.45. The van der Waals surface area contributed by atoms with Gasteiger partial charge in [0.25, 0.3) is 0 Å². The Bertz CT molecular complexity index is 894. The average molecular weight is 353 g/mol. The van der Waals surface area contributed by atoms with Crippen molar-refractivity contribution in [3.05, 3.63) is 36.0 Å². The van der Waals surface area contributed by atoms with Crippen LogP contribution in [0, 0.1) is 0 Å². The van der Waals surface area contributed by atoms with E-state index >= 15 is 0 Å². The molecule has 132 valence electrons. The Hall–Kier alpha value is -2.88. The lowest BCUT2D eigenvalue weighted by atomic mass is 10.1. The number of anilines is 1. The van der Waals surface area contributed by atoms with Crippen molar-refractivity contribution in [3.63, 3.8) is 0 Å². The molecule has 0 saturated carbocycles. The molecule has 3 aromatic rings. The van der Waals surface area contributed by atoms with Gasteiger partial charge in [-0.2, -0.15) is 22.8 Å². The minimum absolute atomic E-state index is 0.00807. The summed E-state index contributed by atoms with van der Waals surface area (Å²) in [5.41, 5.74) is 0.440. The second kappa shape index (κ2) is 6.55. The molecule has 0 aliphatic rings. The van der Waals surface area contributed by atoms with Crippen molar-refractivity contribution in [2.75, 3.05) is 26.3 Å². The van der Waals surface area contributed by atoms with Gasteiger partial charge in [0, 0.05) is 19.7 Å². The van der Waals surface area contributed by atoms with E-state index in [1.54, 1.807) is 19.3 Å². The van der Waals surface area contributed by atoms with Crippen LogP contribution in [-0.2, 0) is 10.9 Å². The van der Waals surface area contributed by atoms with Gasteiger partial charge in [0.1, 0.15) is 11.4 Å². The van der Waals surface area contributed by atoms with E-state index in [2.05, 4.69) is 20.6 Å². The number of hydrogen-bond acceptors (Lipinski definition) is 6. The minimum atomic E-state index is -4.49. The number of benzene rings is 1. The van der Waals surface area contributed by atoms with E-state index in [0.29, 0.717) is 22.7 Å². The lowest BCUT2D eigenvalue weighted by Gasteiger charge is -2.14. The van der Waals surface area contributed by atoms with Crippen molar-refractivity contribution < 1.29 is 22.6 Å². The van der Waals surface area contributed by atoms with Crippen molar-refractivity contribution in [3.8, 4) is 17.0 Å². The van der Waals surface area contributed by atoms with Gasteiger partial charge >= 0.3 is 6.18 Å². The van der Waals surface area contributed by atoms with E-state index in [1.165, 1.54) is 17.7 Å². The van der Waals surface area contributed by atoms with E-state index in [9.17, 15) is 13.2 Å². The first-order chi connectivity index (χ1) is 12.0. The van der Waals surface area contributed by atoms with Crippen LogP contribution in [0.15, 0.2) is 30.5 Å². The molecule has 3 rings (SSSR count). The summed E-state index contributed by atoms with van der Waals surface area (Å²) in [4.78, 5) is 0. The van der Waals surface area contributed by atoms with Gasteiger partial charge in [-0.05, 0) is 24.3 Å². The number of ether oxygens (including phenoxy) is 2. The molecule has 0 atom stereocenters. The van der Waals surface area contributed by atoms with Crippen molar-refractivity contribution in [1.82, 2.24) is 19.8 Å². The number of methoxy groups -OCH3 is 1. The molecule has 0 saturated heterocycles. The summed E-state index contributed by atoms with van der Waals surface area (Å²) < 4.78 is 50.6. The van der Waals surface area contributed by atoms with Crippen molar-refractivity contribution >= 4 is 11.5 Å². The van der Waals surface area contributed by atoms with E-state index in [4.69, 9.17) is 9.47 Å². The van der Waals surface area contributed by atoms with Crippen LogP contribution in [0.1, 0.15) is 5.56 Å². The highest BCUT2D eigenvalue weighted by molar-refractivity contribution is 5.81. The molecule has 0 spiro atoms. The summed E-state index contributed by atoms with van der Waals surface area (Å²) >= 11 is 0. The molecule has 0 unspecified atom stereocenters. The quantitative estimate of drug-likeness (QED) is 0.711. The second-order valence-corrected chi connectivity index (χ2v) is 5.01. The molecule has 7 nitrogen and oxygen atoms in total. The Morgan fingerprint density at radius 2 is 2.00 bits per heavy atom. The molecule has 25 heavy (non-hydrogen) atoms. The number of hydrogen-bond donors (Lipinski definition) is 1. The molecule has 0 aliphatic heterocycles. The summed E-state index contributed by atoms with van der Waals surface area (Å²) in [5, 5.41) is 15.1. The second-order valence-electron chi connectivity index (χ2n) is 5.01. The largest absolute Gasteiger partial charge is 0.467 e. The van der Waals surface area contributed by atoms with Crippen LogP contribution in [0.2, 0.25) is 0 Å². The predicted molar refractivity (Wildman–Crippen MR) is 83.3 cm³/mol.